The van der Waals surface area contributed by atoms with E-state index in [1.165, 1.54) is 17.7 Å². The summed E-state index contributed by atoms with van der Waals surface area (Å²) in [5.41, 5.74) is 2.56. The van der Waals surface area contributed by atoms with Crippen molar-refractivity contribution in [2.24, 2.45) is 0 Å². The fourth-order valence-electron chi connectivity index (χ4n) is 2.88. The Kier molecular flexibility index (Phi) is 4.14. The molecule has 2 aromatic heterocycles. The van der Waals surface area contributed by atoms with Crippen molar-refractivity contribution < 1.29 is 0 Å². The van der Waals surface area contributed by atoms with E-state index in [0.717, 1.165) is 24.5 Å². The summed E-state index contributed by atoms with van der Waals surface area (Å²) >= 11 is 0. The van der Waals surface area contributed by atoms with Gasteiger partial charge in [0.2, 0.25) is 0 Å². The number of aromatic nitrogens is 4. The zero-order valence-corrected chi connectivity index (χ0v) is 13.9. The number of aryl methyl sites for hydroxylation is 1. The number of nitrogens with one attached hydrogen (secondary N) is 1. The summed E-state index contributed by atoms with van der Waals surface area (Å²) < 4.78 is 2.07. The predicted molar refractivity (Wildman–Crippen MR) is 88.0 cm³/mol. The van der Waals surface area contributed by atoms with Crippen molar-refractivity contribution in [3.63, 3.8) is 0 Å². The van der Waals surface area contributed by atoms with Gasteiger partial charge in [-0.05, 0) is 44.7 Å². The van der Waals surface area contributed by atoms with Gasteiger partial charge in [0.25, 0.3) is 0 Å². The molecule has 2 heterocycles. The van der Waals surface area contributed by atoms with E-state index < -0.39 is 0 Å². The van der Waals surface area contributed by atoms with Gasteiger partial charge < -0.3 is 5.32 Å². The summed E-state index contributed by atoms with van der Waals surface area (Å²) in [6.45, 7) is 8.56. The second-order valence-corrected chi connectivity index (χ2v) is 6.66. The fourth-order valence-corrected chi connectivity index (χ4v) is 2.88. The van der Waals surface area contributed by atoms with Crippen LogP contribution in [0.1, 0.15) is 75.6 Å². The summed E-state index contributed by atoms with van der Waals surface area (Å²) in [6, 6.07) is 2.59. The van der Waals surface area contributed by atoms with Crippen LogP contribution in [0.25, 0.3) is 0 Å². The maximum absolute atomic E-state index is 4.80. The van der Waals surface area contributed by atoms with Crippen molar-refractivity contribution >= 4 is 5.82 Å². The summed E-state index contributed by atoms with van der Waals surface area (Å²) in [4.78, 5) is 8.96. The van der Waals surface area contributed by atoms with Crippen LogP contribution in [0, 0.1) is 0 Å². The lowest BCUT2D eigenvalue weighted by molar-refractivity contribution is 0.515. The highest BCUT2D eigenvalue weighted by Crippen LogP contribution is 2.31. The molecule has 1 atom stereocenters. The number of anilines is 1. The second kappa shape index (κ2) is 6.07. The molecule has 0 radical (unpaired) electrons. The molecule has 2 aromatic rings. The van der Waals surface area contributed by atoms with Crippen LogP contribution in [0.5, 0.6) is 0 Å². The average molecular weight is 299 g/mol. The zero-order valence-electron chi connectivity index (χ0n) is 13.9. The SMILES string of the molecule is CC(C)c1nccc(NC2CCCc3cn(C(C)C)nc32)n1. The molecule has 0 saturated heterocycles. The van der Waals surface area contributed by atoms with Gasteiger partial charge in [-0.3, -0.25) is 4.68 Å². The number of rotatable bonds is 4. The van der Waals surface area contributed by atoms with E-state index in [-0.39, 0.29) is 6.04 Å². The molecule has 5 heteroatoms. The monoisotopic (exact) mass is 299 g/mol. The molecule has 1 aliphatic rings. The first-order chi connectivity index (χ1) is 10.5. The van der Waals surface area contributed by atoms with Crippen molar-refractivity contribution in [3.8, 4) is 0 Å². The Balaban J connectivity index is 1.84. The first kappa shape index (κ1) is 15.0. The van der Waals surface area contributed by atoms with Gasteiger partial charge in [0.15, 0.2) is 0 Å². The second-order valence-electron chi connectivity index (χ2n) is 6.66. The molecule has 0 aromatic carbocycles. The number of fused-ring (bicyclic) bond motifs is 1. The molecule has 22 heavy (non-hydrogen) atoms. The largest absolute Gasteiger partial charge is 0.362 e. The van der Waals surface area contributed by atoms with E-state index in [1.54, 1.807) is 0 Å². The van der Waals surface area contributed by atoms with Crippen LogP contribution in [0.15, 0.2) is 18.5 Å². The molecule has 3 rings (SSSR count). The average Bonchev–Trinajstić information content (AvgIpc) is 2.93. The van der Waals surface area contributed by atoms with Crippen LogP contribution in [0.4, 0.5) is 5.82 Å². The number of hydrogen-bond acceptors (Lipinski definition) is 4. The molecule has 118 valence electrons. The lowest BCUT2D eigenvalue weighted by Gasteiger charge is -2.23. The minimum absolute atomic E-state index is 0.249. The summed E-state index contributed by atoms with van der Waals surface area (Å²) in [5, 5.41) is 8.35. The van der Waals surface area contributed by atoms with Crippen LogP contribution >= 0.6 is 0 Å². The molecule has 0 fully saturated rings. The smallest absolute Gasteiger partial charge is 0.133 e. The Bertz CT molecular complexity index is 644. The first-order valence-electron chi connectivity index (χ1n) is 8.22. The molecule has 0 amide bonds. The minimum atomic E-state index is 0.249. The minimum Gasteiger partial charge on any atom is -0.362 e. The van der Waals surface area contributed by atoms with E-state index in [9.17, 15) is 0 Å². The van der Waals surface area contributed by atoms with E-state index in [1.807, 2.05) is 12.3 Å². The van der Waals surface area contributed by atoms with Crippen LogP contribution in [0.2, 0.25) is 0 Å². The summed E-state index contributed by atoms with van der Waals surface area (Å²) in [7, 11) is 0. The van der Waals surface area contributed by atoms with E-state index >= 15 is 0 Å². The Morgan fingerprint density at radius 3 is 2.82 bits per heavy atom. The highest BCUT2D eigenvalue weighted by molar-refractivity contribution is 5.39. The van der Waals surface area contributed by atoms with Gasteiger partial charge in [-0.25, -0.2) is 9.97 Å². The first-order valence-corrected chi connectivity index (χ1v) is 8.22. The molecule has 1 N–H and O–H groups in total. The lowest BCUT2D eigenvalue weighted by Crippen LogP contribution is -2.18. The molecule has 0 saturated carbocycles. The summed E-state index contributed by atoms with van der Waals surface area (Å²) in [6.07, 6.45) is 7.45. The summed E-state index contributed by atoms with van der Waals surface area (Å²) in [5.74, 6) is 2.12. The van der Waals surface area contributed by atoms with Crippen LogP contribution in [-0.2, 0) is 6.42 Å². The van der Waals surface area contributed by atoms with Gasteiger partial charge in [0, 0.05) is 24.4 Å². The maximum Gasteiger partial charge on any atom is 0.133 e. The molecule has 5 nitrogen and oxygen atoms in total. The van der Waals surface area contributed by atoms with Gasteiger partial charge in [-0.2, -0.15) is 5.10 Å². The molecular formula is C17H25N5. The Morgan fingerprint density at radius 2 is 2.09 bits per heavy atom. The van der Waals surface area contributed by atoms with Crippen molar-refractivity contribution in [1.82, 2.24) is 19.7 Å². The highest BCUT2D eigenvalue weighted by atomic mass is 15.3. The third kappa shape index (κ3) is 2.98. The van der Waals surface area contributed by atoms with Gasteiger partial charge in [0.1, 0.15) is 11.6 Å². The van der Waals surface area contributed by atoms with E-state index in [0.29, 0.717) is 12.0 Å². The topological polar surface area (TPSA) is 55.6 Å². The zero-order chi connectivity index (χ0) is 15.7. The van der Waals surface area contributed by atoms with Crippen LogP contribution in [0.3, 0.4) is 0 Å². The molecular weight excluding hydrogens is 274 g/mol. The number of nitrogens with zero attached hydrogens (tertiary/aromatic N) is 4. The van der Waals surface area contributed by atoms with Gasteiger partial charge >= 0.3 is 0 Å². The van der Waals surface area contributed by atoms with Gasteiger partial charge in [-0.1, -0.05) is 13.8 Å². The van der Waals surface area contributed by atoms with Crippen LogP contribution in [-0.4, -0.2) is 19.7 Å². The van der Waals surface area contributed by atoms with Crippen molar-refractivity contribution in [1.29, 1.82) is 0 Å². The Morgan fingerprint density at radius 1 is 1.27 bits per heavy atom. The molecule has 1 unspecified atom stereocenters. The Labute approximate surface area is 132 Å². The Hall–Kier alpha value is -1.91. The quantitative estimate of drug-likeness (QED) is 0.931. The molecule has 0 spiro atoms. The lowest BCUT2D eigenvalue weighted by atomic mass is 9.94. The third-order valence-electron chi connectivity index (χ3n) is 4.15. The van der Waals surface area contributed by atoms with E-state index in [2.05, 4.69) is 53.9 Å². The van der Waals surface area contributed by atoms with Gasteiger partial charge in [-0.15, -0.1) is 0 Å². The molecule has 0 bridgehead atoms. The van der Waals surface area contributed by atoms with Crippen molar-refractivity contribution in [2.75, 3.05) is 5.32 Å². The van der Waals surface area contributed by atoms with E-state index in [4.69, 9.17) is 5.10 Å². The highest BCUT2D eigenvalue weighted by Gasteiger charge is 2.24. The third-order valence-corrected chi connectivity index (χ3v) is 4.15. The predicted octanol–water partition coefficient (Wildman–Crippen LogP) is 3.87. The number of hydrogen-bond donors (Lipinski definition) is 1. The standard InChI is InChI=1S/C17H25N5/c1-11(2)17-18-9-8-15(20-17)19-14-7-5-6-13-10-22(12(3)4)21-16(13)14/h8-12,14H,5-7H2,1-4H3,(H,18,19,20). The normalized spacial score (nSPS) is 17.8. The fraction of sp³-hybridized carbons (Fsp3) is 0.588. The molecule has 1 aliphatic carbocycles. The van der Waals surface area contributed by atoms with Crippen molar-refractivity contribution in [3.05, 3.63) is 35.5 Å². The maximum atomic E-state index is 4.80. The van der Waals surface area contributed by atoms with Gasteiger partial charge in [0.05, 0.1) is 11.7 Å². The molecule has 0 aliphatic heterocycles. The van der Waals surface area contributed by atoms with Crippen LogP contribution < -0.4 is 5.32 Å². The van der Waals surface area contributed by atoms with Crippen molar-refractivity contribution in [2.45, 2.75) is 65.0 Å².